The van der Waals surface area contributed by atoms with Gasteiger partial charge in [-0.15, -0.1) is 0 Å². The molecule has 0 spiro atoms. The van der Waals surface area contributed by atoms with E-state index in [2.05, 4.69) is 36.3 Å². The molecule has 32 heavy (non-hydrogen) atoms. The molecule has 4 atom stereocenters. The van der Waals surface area contributed by atoms with Crippen molar-refractivity contribution in [2.45, 2.75) is 95.8 Å². The van der Waals surface area contributed by atoms with E-state index in [-0.39, 0.29) is 17.9 Å². The second kappa shape index (κ2) is 9.01. The molecule has 172 valence electrons. The maximum atomic E-state index is 13.0. The van der Waals surface area contributed by atoms with Crippen LogP contribution in [0.4, 0.5) is 0 Å². The molecule has 2 saturated carbocycles. The number of piperidine rings is 1. The molecule has 2 aliphatic heterocycles. The molecule has 5 rings (SSSR count). The van der Waals surface area contributed by atoms with Crippen LogP contribution < -0.4 is 10.6 Å². The molecule has 4 aliphatic rings. The molecule has 0 aromatic heterocycles. The summed E-state index contributed by atoms with van der Waals surface area (Å²) in [4.78, 5) is 27.2. The molecule has 1 aromatic rings. The van der Waals surface area contributed by atoms with E-state index >= 15 is 0 Å². The van der Waals surface area contributed by atoms with Gasteiger partial charge in [-0.3, -0.25) is 9.59 Å². The average molecular weight is 436 g/mol. The summed E-state index contributed by atoms with van der Waals surface area (Å²) in [6.07, 6.45) is 11.7. The van der Waals surface area contributed by atoms with Gasteiger partial charge in [-0.2, -0.15) is 0 Å². The van der Waals surface area contributed by atoms with Crippen LogP contribution in [0.3, 0.4) is 0 Å². The van der Waals surface area contributed by atoms with Crippen molar-refractivity contribution < 1.29 is 9.59 Å². The predicted molar refractivity (Wildman–Crippen MR) is 126 cm³/mol. The maximum absolute atomic E-state index is 13.0. The Morgan fingerprint density at radius 2 is 1.97 bits per heavy atom. The molecular formula is C27H37N3O2. The van der Waals surface area contributed by atoms with Gasteiger partial charge in [-0.1, -0.05) is 38.5 Å². The Bertz CT molecular complexity index is 906. The van der Waals surface area contributed by atoms with Crippen LogP contribution in [-0.4, -0.2) is 34.8 Å². The standard InChI is InChI=1S/C27H37N3O2/c1-3-23(19-10-11-19)29-24-7-5-4-6-20(24)14-18-9-12-22-21(15-18)16-30(27(22)32)25-13-8-17(2)28-26(25)31/h9,12,15,19-20,23-25,29H,2-8,10-11,13-14,16H2,1H3,(H,28,31)/t20-,23?,24+,25?/m1/s1. The molecule has 5 heteroatoms. The lowest BCUT2D eigenvalue weighted by molar-refractivity contribution is -0.126. The van der Waals surface area contributed by atoms with Crippen molar-refractivity contribution >= 4 is 11.8 Å². The molecule has 3 fully saturated rings. The van der Waals surface area contributed by atoms with Crippen molar-refractivity contribution in [1.29, 1.82) is 0 Å². The lowest BCUT2D eigenvalue weighted by Gasteiger charge is -2.35. The summed E-state index contributed by atoms with van der Waals surface area (Å²) < 4.78 is 0. The highest BCUT2D eigenvalue weighted by molar-refractivity contribution is 6.01. The molecule has 2 aliphatic carbocycles. The third kappa shape index (κ3) is 4.36. The number of hydrogen-bond donors (Lipinski definition) is 2. The van der Waals surface area contributed by atoms with E-state index in [1.807, 2.05) is 6.07 Å². The second-order valence-electron chi connectivity index (χ2n) is 10.4. The first-order valence-corrected chi connectivity index (χ1v) is 12.7. The number of nitrogens with one attached hydrogen (secondary N) is 2. The zero-order valence-electron chi connectivity index (χ0n) is 19.4. The summed E-state index contributed by atoms with van der Waals surface area (Å²) in [6, 6.07) is 7.29. The first-order chi connectivity index (χ1) is 15.5. The summed E-state index contributed by atoms with van der Waals surface area (Å²) in [5.41, 5.74) is 3.93. The Morgan fingerprint density at radius 3 is 2.72 bits per heavy atom. The smallest absolute Gasteiger partial charge is 0.255 e. The monoisotopic (exact) mass is 435 g/mol. The molecule has 0 bridgehead atoms. The summed E-state index contributed by atoms with van der Waals surface area (Å²) in [6.45, 7) is 6.71. The van der Waals surface area contributed by atoms with Gasteiger partial charge < -0.3 is 15.5 Å². The van der Waals surface area contributed by atoms with Gasteiger partial charge in [-0.25, -0.2) is 0 Å². The van der Waals surface area contributed by atoms with Crippen LogP contribution in [0, 0.1) is 11.8 Å². The molecule has 1 aromatic carbocycles. The number of benzene rings is 1. The van der Waals surface area contributed by atoms with E-state index in [1.165, 1.54) is 50.5 Å². The third-order valence-corrected chi connectivity index (χ3v) is 8.17. The van der Waals surface area contributed by atoms with E-state index in [0.717, 1.165) is 35.6 Å². The summed E-state index contributed by atoms with van der Waals surface area (Å²) in [5, 5.41) is 6.86. The van der Waals surface area contributed by atoms with Crippen LogP contribution in [0.5, 0.6) is 0 Å². The van der Waals surface area contributed by atoms with Crippen LogP contribution in [0.25, 0.3) is 0 Å². The van der Waals surface area contributed by atoms with Crippen LogP contribution in [0.15, 0.2) is 30.5 Å². The fourth-order valence-corrected chi connectivity index (χ4v) is 6.17. The molecule has 5 nitrogen and oxygen atoms in total. The number of rotatable bonds is 7. The minimum Gasteiger partial charge on any atom is -0.329 e. The Labute approximate surface area is 192 Å². The van der Waals surface area contributed by atoms with Gasteiger partial charge in [0.05, 0.1) is 0 Å². The van der Waals surface area contributed by atoms with Crippen molar-refractivity contribution in [3.63, 3.8) is 0 Å². The van der Waals surface area contributed by atoms with Crippen molar-refractivity contribution in [2.24, 2.45) is 11.8 Å². The summed E-state index contributed by atoms with van der Waals surface area (Å²) in [7, 11) is 0. The Balaban J connectivity index is 1.27. The van der Waals surface area contributed by atoms with Gasteiger partial charge in [-0.05, 0) is 80.4 Å². The highest BCUT2D eigenvalue weighted by atomic mass is 16.2. The Hall–Kier alpha value is -2.14. The van der Waals surface area contributed by atoms with Gasteiger partial charge in [0, 0.05) is 29.9 Å². The minimum absolute atomic E-state index is 0.00774. The number of amides is 2. The number of nitrogens with zero attached hydrogens (tertiary/aromatic N) is 1. The van der Waals surface area contributed by atoms with Crippen molar-refractivity contribution in [3.05, 3.63) is 47.2 Å². The minimum atomic E-state index is -0.385. The highest BCUT2D eigenvalue weighted by Crippen LogP contribution is 2.37. The van der Waals surface area contributed by atoms with Crippen LogP contribution in [0.2, 0.25) is 0 Å². The van der Waals surface area contributed by atoms with Gasteiger partial charge in [0.15, 0.2) is 0 Å². The number of fused-ring (bicyclic) bond motifs is 1. The van der Waals surface area contributed by atoms with Crippen molar-refractivity contribution in [3.8, 4) is 0 Å². The largest absolute Gasteiger partial charge is 0.329 e. The predicted octanol–water partition coefficient (Wildman–Crippen LogP) is 4.31. The van der Waals surface area contributed by atoms with E-state index in [1.54, 1.807) is 4.90 Å². The molecule has 2 amide bonds. The van der Waals surface area contributed by atoms with Gasteiger partial charge in [0.25, 0.3) is 5.91 Å². The summed E-state index contributed by atoms with van der Waals surface area (Å²) >= 11 is 0. The molecule has 2 unspecified atom stereocenters. The lowest BCUT2D eigenvalue weighted by Crippen LogP contribution is -2.49. The van der Waals surface area contributed by atoms with Crippen molar-refractivity contribution in [2.75, 3.05) is 0 Å². The molecule has 2 N–H and O–H groups in total. The molecular weight excluding hydrogens is 398 g/mol. The molecule has 1 saturated heterocycles. The Kier molecular flexibility index (Phi) is 6.11. The van der Waals surface area contributed by atoms with Gasteiger partial charge in [0.1, 0.15) is 6.04 Å². The van der Waals surface area contributed by atoms with Crippen molar-refractivity contribution in [1.82, 2.24) is 15.5 Å². The third-order valence-electron chi connectivity index (χ3n) is 8.17. The molecule has 0 radical (unpaired) electrons. The first-order valence-electron chi connectivity index (χ1n) is 12.7. The molecule has 2 heterocycles. The quantitative estimate of drug-likeness (QED) is 0.671. The highest BCUT2D eigenvalue weighted by Gasteiger charge is 2.38. The fourth-order valence-electron chi connectivity index (χ4n) is 6.17. The lowest BCUT2D eigenvalue weighted by atomic mass is 9.80. The zero-order valence-corrected chi connectivity index (χ0v) is 19.4. The van der Waals surface area contributed by atoms with E-state index in [4.69, 9.17) is 0 Å². The van der Waals surface area contributed by atoms with Gasteiger partial charge >= 0.3 is 0 Å². The Morgan fingerprint density at radius 1 is 1.16 bits per heavy atom. The first kappa shape index (κ1) is 21.7. The van der Waals surface area contributed by atoms with Crippen LogP contribution in [-0.2, 0) is 17.8 Å². The van der Waals surface area contributed by atoms with E-state index in [0.29, 0.717) is 31.0 Å². The zero-order chi connectivity index (χ0) is 22.2. The fraction of sp³-hybridized carbons (Fsp3) is 0.630. The number of carbonyl (C=O) groups excluding carboxylic acids is 2. The number of hydrogen-bond acceptors (Lipinski definition) is 3. The summed E-state index contributed by atoms with van der Waals surface area (Å²) in [5.74, 6) is 1.46. The van der Waals surface area contributed by atoms with E-state index in [9.17, 15) is 9.59 Å². The van der Waals surface area contributed by atoms with Crippen LogP contribution >= 0.6 is 0 Å². The maximum Gasteiger partial charge on any atom is 0.255 e. The number of allylic oxidation sites excluding steroid dienone is 1. The van der Waals surface area contributed by atoms with Gasteiger partial charge in [0.2, 0.25) is 5.91 Å². The normalized spacial score (nSPS) is 29.1. The van der Waals surface area contributed by atoms with Crippen LogP contribution in [0.1, 0.15) is 86.2 Å². The second-order valence-corrected chi connectivity index (χ2v) is 10.4. The average Bonchev–Trinajstić information content (AvgIpc) is 3.57. The topological polar surface area (TPSA) is 61.4 Å². The number of carbonyl (C=O) groups is 2. The van der Waals surface area contributed by atoms with E-state index < -0.39 is 0 Å². The SMILES string of the molecule is C=C1CCC(N2Cc3cc(C[C@H]4CCCC[C@@H]4NC(CC)C4CC4)ccc3C2=O)C(=O)N1.